The Morgan fingerprint density at radius 2 is 2.11 bits per heavy atom. The Morgan fingerprint density at radius 1 is 1.26 bits per heavy atom. The van der Waals surface area contributed by atoms with Crippen LogP contribution in [0.5, 0.6) is 0 Å². The number of nitrogens with zero attached hydrogens (tertiary/aromatic N) is 1. The van der Waals surface area contributed by atoms with Gasteiger partial charge in [0.2, 0.25) is 0 Å². The fourth-order valence-corrected chi connectivity index (χ4v) is 2.57. The Labute approximate surface area is 117 Å². The molecule has 0 spiro atoms. The molecule has 1 aromatic heterocycles. The molecule has 2 aromatic rings. The maximum atomic E-state index is 9.54. The van der Waals surface area contributed by atoms with Crippen molar-refractivity contribution in [1.29, 1.82) is 0 Å². The van der Waals surface area contributed by atoms with E-state index in [1.807, 2.05) is 30.3 Å². The molecule has 1 fully saturated rings. The van der Waals surface area contributed by atoms with Gasteiger partial charge in [0.25, 0.3) is 0 Å². The molecule has 1 heterocycles. The molecule has 4 heteroatoms. The van der Waals surface area contributed by atoms with E-state index in [-0.39, 0.29) is 6.61 Å². The Morgan fingerprint density at radius 3 is 2.74 bits per heavy atom. The van der Waals surface area contributed by atoms with Crippen molar-refractivity contribution in [2.75, 3.05) is 4.90 Å². The van der Waals surface area contributed by atoms with Gasteiger partial charge in [0.1, 0.15) is 5.76 Å². The van der Waals surface area contributed by atoms with Crippen molar-refractivity contribution in [2.45, 2.75) is 32.0 Å². The predicted molar refractivity (Wildman–Crippen MR) is 75.3 cm³/mol. The van der Waals surface area contributed by atoms with Gasteiger partial charge in [-0.05, 0) is 37.1 Å². The number of hydrogen-bond acceptors (Lipinski definition) is 3. The average molecular weight is 278 g/mol. The van der Waals surface area contributed by atoms with E-state index in [0.29, 0.717) is 17.6 Å². The third-order valence-electron chi connectivity index (χ3n) is 3.46. The van der Waals surface area contributed by atoms with E-state index in [2.05, 4.69) is 4.90 Å². The first kappa shape index (κ1) is 12.6. The smallest absolute Gasteiger partial charge is 0.123 e. The van der Waals surface area contributed by atoms with E-state index < -0.39 is 0 Å². The molecule has 19 heavy (non-hydrogen) atoms. The Kier molecular flexibility index (Phi) is 3.49. The summed E-state index contributed by atoms with van der Waals surface area (Å²) in [6.45, 7) is 0.668. The number of aliphatic hydroxyl groups is 1. The molecular weight excluding hydrogens is 262 g/mol. The quantitative estimate of drug-likeness (QED) is 0.907. The summed E-state index contributed by atoms with van der Waals surface area (Å²) in [5.74, 6) is 0.927. The van der Waals surface area contributed by atoms with Gasteiger partial charge in [-0.15, -0.1) is 0 Å². The highest BCUT2D eigenvalue weighted by Gasteiger charge is 2.31. The molecule has 1 aliphatic rings. The third kappa shape index (κ3) is 2.62. The van der Waals surface area contributed by atoms with Crippen LogP contribution in [0.4, 0.5) is 5.69 Å². The normalized spacial score (nSPS) is 14.6. The standard InChI is InChI=1S/C15H16ClNO2/c16-14-4-1-5-15(13(14)10-18)17(11-6-7-11)9-12-3-2-8-19-12/h1-5,8,11,18H,6-7,9-10H2. The molecule has 0 bridgehead atoms. The minimum absolute atomic E-state index is 0.0453. The van der Waals surface area contributed by atoms with Gasteiger partial charge in [0.15, 0.2) is 0 Å². The zero-order valence-electron chi connectivity index (χ0n) is 10.6. The SMILES string of the molecule is OCc1c(Cl)cccc1N(Cc1ccco1)C1CC1. The zero-order chi connectivity index (χ0) is 13.2. The van der Waals surface area contributed by atoms with Crippen LogP contribution in [0.3, 0.4) is 0 Å². The lowest BCUT2D eigenvalue weighted by Crippen LogP contribution is -2.26. The van der Waals surface area contributed by atoms with Crippen LogP contribution >= 0.6 is 11.6 Å². The van der Waals surface area contributed by atoms with Crippen LogP contribution in [0, 0.1) is 0 Å². The lowest BCUT2D eigenvalue weighted by Gasteiger charge is -2.26. The predicted octanol–water partition coefficient (Wildman–Crippen LogP) is 3.59. The minimum Gasteiger partial charge on any atom is -0.467 e. The maximum absolute atomic E-state index is 9.54. The second-order valence-corrected chi connectivity index (χ2v) is 5.24. The minimum atomic E-state index is -0.0453. The first-order chi connectivity index (χ1) is 9.29. The summed E-state index contributed by atoms with van der Waals surface area (Å²) in [6, 6.07) is 10.1. The van der Waals surface area contributed by atoms with E-state index in [1.165, 1.54) is 12.8 Å². The summed E-state index contributed by atoms with van der Waals surface area (Å²) >= 11 is 6.17. The molecule has 3 rings (SSSR count). The molecule has 0 amide bonds. The third-order valence-corrected chi connectivity index (χ3v) is 3.81. The Balaban J connectivity index is 1.94. The van der Waals surface area contributed by atoms with Gasteiger partial charge in [0.05, 0.1) is 19.4 Å². The van der Waals surface area contributed by atoms with Crippen molar-refractivity contribution >= 4 is 17.3 Å². The van der Waals surface area contributed by atoms with Crippen molar-refractivity contribution in [3.05, 3.63) is 52.9 Å². The largest absolute Gasteiger partial charge is 0.467 e. The zero-order valence-corrected chi connectivity index (χ0v) is 11.3. The van der Waals surface area contributed by atoms with Crippen LogP contribution in [0.25, 0.3) is 0 Å². The molecule has 1 aliphatic carbocycles. The molecule has 1 saturated carbocycles. The van der Waals surface area contributed by atoms with Gasteiger partial charge in [-0.1, -0.05) is 17.7 Å². The first-order valence-corrected chi connectivity index (χ1v) is 6.84. The number of hydrogen-bond donors (Lipinski definition) is 1. The van der Waals surface area contributed by atoms with Crippen LogP contribution in [0.15, 0.2) is 41.0 Å². The Bertz CT molecular complexity index is 549. The second-order valence-electron chi connectivity index (χ2n) is 4.83. The lowest BCUT2D eigenvalue weighted by atomic mass is 10.1. The topological polar surface area (TPSA) is 36.6 Å². The van der Waals surface area contributed by atoms with Gasteiger partial charge in [-0.25, -0.2) is 0 Å². The molecule has 0 saturated heterocycles. The second kappa shape index (κ2) is 5.27. The number of rotatable bonds is 5. The molecule has 100 valence electrons. The molecule has 3 nitrogen and oxygen atoms in total. The molecule has 1 aromatic carbocycles. The number of anilines is 1. The van der Waals surface area contributed by atoms with E-state index >= 15 is 0 Å². The van der Waals surface area contributed by atoms with Crippen molar-refractivity contribution < 1.29 is 9.52 Å². The van der Waals surface area contributed by atoms with E-state index in [4.69, 9.17) is 16.0 Å². The van der Waals surface area contributed by atoms with Crippen molar-refractivity contribution in [3.63, 3.8) is 0 Å². The van der Waals surface area contributed by atoms with E-state index in [1.54, 1.807) is 6.26 Å². The van der Waals surface area contributed by atoms with Crippen molar-refractivity contribution in [3.8, 4) is 0 Å². The average Bonchev–Trinajstić information content (AvgIpc) is 3.13. The van der Waals surface area contributed by atoms with Gasteiger partial charge >= 0.3 is 0 Å². The van der Waals surface area contributed by atoms with Crippen LogP contribution in [-0.4, -0.2) is 11.1 Å². The summed E-state index contributed by atoms with van der Waals surface area (Å²) in [5.41, 5.74) is 1.80. The van der Waals surface area contributed by atoms with Gasteiger partial charge in [-0.3, -0.25) is 0 Å². The highest BCUT2D eigenvalue weighted by molar-refractivity contribution is 6.31. The summed E-state index contributed by atoms with van der Waals surface area (Å²) in [5, 5.41) is 10.2. The summed E-state index contributed by atoms with van der Waals surface area (Å²) in [7, 11) is 0. The van der Waals surface area contributed by atoms with Crippen molar-refractivity contribution in [2.24, 2.45) is 0 Å². The summed E-state index contributed by atoms with van der Waals surface area (Å²) < 4.78 is 5.43. The molecular formula is C15H16ClNO2. The van der Waals surface area contributed by atoms with Crippen LogP contribution in [0.1, 0.15) is 24.2 Å². The first-order valence-electron chi connectivity index (χ1n) is 6.47. The molecule has 1 N–H and O–H groups in total. The van der Waals surface area contributed by atoms with E-state index in [0.717, 1.165) is 17.0 Å². The number of aliphatic hydroxyl groups excluding tert-OH is 1. The lowest BCUT2D eigenvalue weighted by molar-refractivity contribution is 0.282. The fraction of sp³-hybridized carbons (Fsp3) is 0.333. The number of halogens is 1. The number of furan rings is 1. The maximum Gasteiger partial charge on any atom is 0.123 e. The highest BCUT2D eigenvalue weighted by atomic mass is 35.5. The molecule has 0 atom stereocenters. The van der Waals surface area contributed by atoms with Gasteiger partial charge in [-0.2, -0.15) is 0 Å². The summed E-state index contributed by atoms with van der Waals surface area (Å²) in [4.78, 5) is 2.27. The van der Waals surface area contributed by atoms with Crippen LogP contribution in [0.2, 0.25) is 5.02 Å². The van der Waals surface area contributed by atoms with Crippen molar-refractivity contribution in [1.82, 2.24) is 0 Å². The Hall–Kier alpha value is -1.45. The van der Waals surface area contributed by atoms with Crippen LogP contribution < -0.4 is 4.90 Å². The van der Waals surface area contributed by atoms with Gasteiger partial charge < -0.3 is 14.4 Å². The molecule has 0 aliphatic heterocycles. The molecule has 0 radical (unpaired) electrons. The highest BCUT2D eigenvalue weighted by Crippen LogP contribution is 2.37. The monoisotopic (exact) mass is 277 g/mol. The summed E-state index contributed by atoms with van der Waals surface area (Å²) in [6.07, 6.45) is 4.04. The van der Waals surface area contributed by atoms with Gasteiger partial charge in [0, 0.05) is 22.3 Å². The fourth-order valence-electron chi connectivity index (χ4n) is 2.34. The van der Waals surface area contributed by atoms with E-state index in [9.17, 15) is 5.11 Å². The number of benzene rings is 1. The molecule has 0 unspecified atom stereocenters. The van der Waals surface area contributed by atoms with Crippen LogP contribution in [-0.2, 0) is 13.2 Å².